The molecule has 1 atom stereocenters. The molecule has 10 rings (SSSR count). The van der Waals surface area contributed by atoms with Gasteiger partial charge in [0.2, 0.25) is 11.5 Å². The molecule has 1 N–H and O–H groups in total. The van der Waals surface area contributed by atoms with E-state index in [-0.39, 0.29) is 18.2 Å². The number of para-hydroxylation sites is 1. The summed E-state index contributed by atoms with van der Waals surface area (Å²) in [4.78, 5) is 16.4. The molecule has 1 saturated heterocycles. The fourth-order valence-electron chi connectivity index (χ4n) is 9.95. The predicted octanol–water partition coefficient (Wildman–Crippen LogP) is 11.3. The van der Waals surface area contributed by atoms with E-state index in [4.69, 9.17) is 66.5 Å². The number of benzene rings is 6. The number of phenolic OH excluding ortho intramolecular Hbond substituents is 1. The maximum absolute atomic E-state index is 11.3. The summed E-state index contributed by atoms with van der Waals surface area (Å²) < 4.78 is 70.9. The van der Waals surface area contributed by atoms with Gasteiger partial charge in [0.25, 0.3) is 0 Å². The highest BCUT2D eigenvalue weighted by atomic mass is 32.1. The van der Waals surface area contributed by atoms with Crippen molar-refractivity contribution in [2.24, 2.45) is 0 Å². The van der Waals surface area contributed by atoms with Crippen LogP contribution in [0.3, 0.4) is 0 Å². The summed E-state index contributed by atoms with van der Waals surface area (Å²) in [5.41, 5.74) is 5.95. The molecule has 19 nitrogen and oxygen atoms in total. The lowest BCUT2D eigenvalue weighted by atomic mass is 10.0. The van der Waals surface area contributed by atoms with Crippen LogP contribution < -0.4 is 52.1 Å². The molecule has 0 spiro atoms. The summed E-state index contributed by atoms with van der Waals surface area (Å²) in [6, 6.07) is 33.9. The zero-order valence-electron chi connectivity index (χ0n) is 47.2. The van der Waals surface area contributed by atoms with E-state index in [1.807, 2.05) is 66.7 Å². The molecule has 0 aliphatic carbocycles. The van der Waals surface area contributed by atoms with E-state index in [0.29, 0.717) is 98.8 Å². The van der Waals surface area contributed by atoms with Crippen LogP contribution >= 0.6 is 11.3 Å². The number of ether oxygens (including phenoxy) is 11. The highest BCUT2D eigenvalue weighted by Crippen LogP contribution is 2.46. The number of hydroxylamine groups is 2. The number of fused-ring (bicyclic) bond motifs is 1. The number of hydrogen-bond donors (Lipinski definition) is 1. The van der Waals surface area contributed by atoms with Crippen LogP contribution in [0, 0.1) is 0 Å². The quantitative estimate of drug-likeness (QED) is 0.0505. The Hall–Kier alpha value is -8.56. The van der Waals surface area contributed by atoms with Gasteiger partial charge in [0, 0.05) is 67.6 Å². The van der Waals surface area contributed by atoms with Crippen LogP contribution in [0.25, 0.3) is 49.1 Å². The molecule has 1 unspecified atom stereocenters. The summed E-state index contributed by atoms with van der Waals surface area (Å²) in [5, 5.41) is 18.2. The summed E-state index contributed by atoms with van der Waals surface area (Å²) >= 11 is 1.67. The number of piperazine rings is 1. The predicted molar refractivity (Wildman–Crippen MR) is 312 cm³/mol. The molecule has 2 aromatic heterocycles. The fraction of sp³-hybridized carbons (Fsp3) is 0.323. The molecule has 430 valence electrons. The van der Waals surface area contributed by atoms with Crippen molar-refractivity contribution in [1.29, 1.82) is 0 Å². The topological polar surface area (TPSA) is 180 Å². The minimum atomic E-state index is -0.582. The zero-order valence-corrected chi connectivity index (χ0v) is 48.0. The Morgan fingerprint density at radius 2 is 1.11 bits per heavy atom. The normalized spacial score (nSPS) is 14.6. The van der Waals surface area contributed by atoms with Crippen LogP contribution in [0.5, 0.6) is 69.0 Å². The largest absolute Gasteiger partial charge is 0.504 e. The van der Waals surface area contributed by atoms with Gasteiger partial charge in [0.1, 0.15) is 16.8 Å². The van der Waals surface area contributed by atoms with Gasteiger partial charge < -0.3 is 71.5 Å². The number of hydrogen-bond acceptors (Lipinski definition) is 20. The third kappa shape index (κ3) is 12.6. The first-order valence-electron chi connectivity index (χ1n) is 26.8. The van der Waals surface area contributed by atoms with Crippen molar-refractivity contribution in [3.8, 4) is 102 Å². The molecular weight excluding hydrogens is 1070 g/mol. The maximum Gasteiger partial charge on any atom is 0.203 e. The van der Waals surface area contributed by atoms with Gasteiger partial charge in [0.05, 0.1) is 86.0 Å². The Morgan fingerprint density at radius 3 is 1.72 bits per heavy atom. The monoisotopic (exact) mass is 1140 g/mol. The summed E-state index contributed by atoms with van der Waals surface area (Å²) in [6.45, 7) is 6.77. The van der Waals surface area contributed by atoms with Crippen LogP contribution in [0.2, 0.25) is 0 Å². The summed E-state index contributed by atoms with van der Waals surface area (Å²) in [7, 11) is 12.6. The molecule has 6 aromatic carbocycles. The zero-order chi connectivity index (χ0) is 57.1. The van der Waals surface area contributed by atoms with Crippen molar-refractivity contribution in [2.45, 2.75) is 18.9 Å². The Kier molecular flexibility index (Phi) is 18.2. The van der Waals surface area contributed by atoms with Gasteiger partial charge in [-0.15, -0.1) is 11.3 Å². The van der Waals surface area contributed by atoms with Gasteiger partial charge >= 0.3 is 0 Å². The molecule has 4 heterocycles. The molecule has 8 aromatic rings. The molecule has 0 bridgehead atoms. The van der Waals surface area contributed by atoms with E-state index >= 15 is 0 Å². The molecule has 0 saturated carbocycles. The van der Waals surface area contributed by atoms with E-state index in [2.05, 4.69) is 27.1 Å². The van der Waals surface area contributed by atoms with Crippen molar-refractivity contribution in [1.82, 2.24) is 25.0 Å². The third-order valence-electron chi connectivity index (χ3n) is 14.3. The average molecular weight is 1140 g/mol. The van der Waals surface area contributed by atoms with E-state index in [1.54, 1.807) is 110 Å². The third-order valence-corrected chi connectivity index (χ3v) is 15.4. The Labute approximate surface area is 480 Å². The number of aromatic hydroxyl groups is 1. The van der Waals surface area contributed by atoms with Crippen molar-refractivity contribution in [3.05, 3.63) is 126 Å². The van der Waals surface area contributed by atoms with Gasteiger partial charge in [-0.3, -0.25) is 4.84 Å². The van der Waals surface area contributed by atoms with E-state index in [0.717, 1.165) is 84.2 Å². The second kappa shape index (κ2) is 26.4. The van der Waals surface area contributed by atoms with Crippen LogP contribution in [0.1, 0.15) is 30.1 Å². The molecule has 1 fully saturated rings. The summed E-state index contributed by atoms with van der Waals surface area (Å²) in [6.07, 6.45) is 3.13. The van der Waals surface area contributed by atoms with E-state index in [9.17, 15) is 5.11 Å². The van der Waals surface area contributed by atoms with Crippen LogP contribution in [0.4, 0.5) is 0 Å². The average Bonchev–Trinajstić information content (AvgIpc) is 4.44. The van der Waals surface area contributed by atoms with Gasteiger partial charge in [-0.2, -0.15) is 0 Å². The molecule has 2 aliphatic heterocycles. The first-order chi connectivity index (χ1) is 40.1. The second-order valence-corrected chi connectivity index (χ2v) is 20.2. The SMILES string of the molecule is COc1cc(-c2nc3ccccc3s2)ccc1OCCCN1CCN(CCCOc2cc(C3C=C(c4cc(OC)c(OC)c(OC)c4)N(COc4ccc(-c5cc(-c6cc(OC)c(OC)c(OC)c6)no5)cc4O)O3)ccc2OC)CC1. The number of aromatic nitrogens is 2. The van der Waals surface area contributed by atoms with Crippen LogP contribution in [0.15, 0.2) is 120 Å². The Morgan fingerprint density at radius 1 is 0.537 bits per heavy atom. The van der Waals surface area contributed by atoms with Gasteiger partial charge in [-0.05, 0) is 109 Å². The maximum atomic E-state index is 11.3. The van der Waals surface area contributed by atoms with Crippen molar-refractivity contribution in [2.75, 3.05) is 116 Å². The lowest BCUT2D eigenvalue weighted by Crippen LogP contribution is -2.47. The number of nitrogens with zero attached hydrogens (tertiary/aromatic N) is 5. The van der Waals surface area contributed by atoms with Crippen molar-refractivity contribution >= 4 is 27.3 Å². The molecule has 2 aliphatic rings. The highest BCUT2D eigenvalue weighted by molar-refractivity contribution is 7.21. The molecular formula is C62H67N5O14S. The first kappa shape index (κ1) is 56.7. The standard InChI is InChI=1S/C62H67N5O14S/c1-69-49-19-16-40(30-54(49)78-28-12-22-66-25-23-65(24-26-66)21-11-27-77-50-20-17-41(31-53(50)70-2)62-63-44-13-9-10-14-59(44)82-62)52-37-46(43-34-57(73-5)61(76-8)58(35-43)74-6)67(81-52)38-79-48-18-15-39(29-47(48)68)51-36-45(64-80-51)42-32-55(71-3)60(75-7)56(33-42)72-4/h9-10,13-20,29-37,52,68H,11-12,21-28,38H2,1-8H3. The van der Waals surface area contributed by atoms with Crippen molar-refractivity contribution in [3.63, 3.8) is 0 Å². The smallest absolute Gasteiger partial charge is 0.203 e. The van der Waals surface area contributed by atoms with Gasteiger partial charge in [-0.25, -0.2) is 10.0 Å². The van der Waals surface area contributed by atoms with E-state index in [1.165, 1.54) is 0 Å². The number of methoxy groups -OCH3 is 8. The lowest BCUT2D eigenvalue weighted by Gasteiger charge is -2.34. The van der Waals surface area contributed by atoms with Crippen LogP contribution in [-0.4, -0.2) is 146 Å². The first-order valence-corrected chi connectivity index (χ1v) is 27.6. The lowest BCUT2D eigenvalue weighted by molar-refractivity contribution is -0.154. The molecule has 82 heavy (non-hydrogen) atoms. The fourth-order valence-corrected chi connectivity index (χ4v) is 10.9. The minimum Gasteiger partial charge on any atom is -0.504 e. The number of thiazole rings is 1. The van der Waals surface area contributed by atoms with Crippen LogP contribution in [-0.2, 0) is 4.84 Å². The Balaban J connectivity index is 0.741. The molecule has 0 amide bonds. The molecule has 20 heteroatoms. The van der Waals surface area contributed by atoms with Crippen molar-refractivity contribution < 1.29 is 66.6 Å². The van der Waals surface area contributed by atoms with Gasteiger partial charge in [-0.1, -0.05) is 23.4 Å². The Bertz CT molecular complexity index is 3420. The highest BCUT2D eigenvalue weighted by Gasteiger charge is 2.31. The molecule has 0 radical (unpaired) electrons. The minimum absolute atomic E-state index is 0.125. The summed E-state index contributed by atoms with van der Waals surface area (Å²) in [5.74, 6) is 5.90. The number of phenols is 1. The van der Waals surface area contributed by atoms with Gasteiger partial charge in [0.15, 0.2) is 70.0 Å². The van der Waals surface area contributed by atoms with E-state index < -0.39 is 6.10 Å². The second-order valence-electron chi connectivity index (χ2n) is 19.2. The number of rotatable bonds is 26.